The largest absolute Gasteiger partial charge is 0.497 e. The number of carbonyl (C=O) groups excluding carboxylic acids is 2. The summed E-state index contributed by atoms with van der Waals surface area (Å²) in [6, 6.07) is 16.4. The molecular formula is C23H22N4O3S. The van der Waals surface area contributed by atoms with E-state index in [1.807, 2.05) is 47.8 Å². The number of methoxy groups -OCH3 is 1. The van der Waals surface area contributed by atoms with Crippen LogP contribution in [0.3, 0.4) is 0 Å². The lowest BCUT2D eigenvalue weighted by Gasteiger charge is -2.18. The maximum absolute atomic E-state index is 12.7. The van der Waals surface area contributed by atoms with Gasteiger partial charge in [0.15, 0.2) is 0 Å². The average Bonchev–Trinajstić information content (AvgIpc) is 3.42. The zero-order chi connectivity index (χ0) is 21.8. The highest BCUT2D eigenvalue weighted by Gasteiger charge is 2.18. The van der Waals surface area contributed by atoms with Crippen molar-refractivity contribution in [1.82, 2.24) is 15.3 Å². The summed E-state index contributed by atoms with van der Waals surface area (Å²) < 4.78 is 5.18. The minimum atomic E-state index is -0.440. The molecular weight excluding hydrogens is 412 g/mol. The highest BCUT2D eigenvalue weighted by atomic mass is 32.1. The number of nitrogens with one attached hydrogen (secondary N) is 3. The number of aromatic amines is 1. The standard InChI is InChI=1S/C23H22N4O3S/c1-14(28)24-19(15-5-8-17(30-2)9-6-15)13-22(29)25-16-7-10-18-20(12-16)27-23(26-18)21-4-3-11-31-21/h3-12,19H,13H2,1-2H3,(H,24,28)(H,25,29)(H,26,27). The van der Waals surface area contributed by atoms with Gasteiger partial charge < -0.3 is 20.4 Å². The molecule has 0 radical (unpaired) electrons. The van der Waals surface area contributed by atoms with Gasteiger partial charge in [-0.25, -0.2) is 4.98 Å². The van der Waals surface area contributed by atoms with Crippen LogP contribution in [0.5, 0.6) is 5.75 Å². The minimum absolute atomic E-state index is 0.105. The van der Waals surface area contributed by atoms with Gasteiger partial charge in [-0.05, 0) is 47.3 Å². The SMILES string of the molecule is COc1ccc(C(CC(=O)Nc2ccc3nc(-c4cccs4)[nH]c3c2)NC(C)=O)cc1. The highest BCUT2D eigenvalue weighted by Crippen LogP contribution is 2.26. The molecule has 158 valence electrons. The molecule has 0 fully saturated rings. The molecule has 0 aliphatic carbocycles. The van der Waals surface area contributed by atoms with Crippen molar-refractivity contribution in [1.29, 1.82) is 0 Å². The molecule has 3 N–H and O–H groups in total. The highest BCUT2D eigenvalue weighted by molar-refractivity contribution is 7.13. The van der Waals surface area contributed by atoms with Crippen molar-refractivity contribution in [3.8, 4) is 16.5 Å². The van der Waals surface area contributed by atoms with Gasteiger partial charge in [-0.1, -0.05) is 18.2 Å². The van der Waals surface area contributed by atoms with Crippen molar-refractivity contribution in [2.24, 2.45) is 0 Å². The van der Waals surface area contributed by atoms with Crippen molar-refractivity contribution in [3.05, 3.63) is 65.5 Å². The van der Waals surface area contributed by atoms with Crippen molar-refractivity contribution in [2.45, 2.75) is 19.4 Å². The zero-order valence-electron chi connectivity index (χ0n) is 17.1. The van der Waals surface area contributed by atoms with Crippen LogP contribution in [0.4, 0.5) is 5.69 Å². The molecule has 0 bridgehead atoms. The van der Waals surface area contributed by atoms with E-state index in [0.717, 1.165) is 27.3 Å². The molecule has 8 heteroatoms. The fourth-order valence-corrected chi connectivity index (χ4v) is 4.02. The van der Waals surface area contributed by atoms with E-state index in [0.29, 0.717) is 11.4 Å². The number of carbonyl (C=O) groups is 2. The summed E-state index contributed by atoms with van der Waals surface area (Å²) in [6.45, 7) is 1.44. The second-order valence-corrected chi connectivity index (χ2v) is 8.02. The summed E-state index contributed by atoms with van der Waals surface area (Å²) in [5, 5.41) is 7.76. The van der Waals surface area contributed by atoms with Crippen LogP contribution in [0.25, 0.3) is 21.7 Å². The van der Waals surface area contributed by atoms with E-state index >= 15 is 0 Å². The number of H-pyrrole nitrogens is 1. The topological polar surface area (TPSA) is 96.1 Å². The first-order chi connectivity index (χ1) is 15.0. The van der Waals surface area contributed by atoms with Crippen LogP contribution >= 0.6 is 11.3 Å². The Hall–Kier alpha value is -3.65. The normalized spacial score (nSPS) is 11.8. The smallest absolute Gasteiger partial charge is 0.226 e. The summed E-state index contributed by atoms with van der Waals surface area (Å²) in [5.41, 5.74) is 3.16. The number of benzene rings is 2. The summed E-state index contributed by atoms with van der Waals surface area (Å²) in [4.78, 5) is 33.3. The molecule has 7 nitrogen and oxygen atoms in total. The lowest BCUT2D eigenvalue weighted by atomic mass is 10.0. The Labute approximate surface area is 183 Å². The number of fused-ring (bicyclic) bond motifs is 1. The Bertz CT molecular complexity index is 1200. The first kappa shape index (κ1) is 20.6. The van der Waals surface area contributed by atoms with Crippen LogP contribution in [0.2, 0.25) is 0 Å². The average molecular weight is 435 g/mol. The molecule has 2 aromatic heterocycles. The lowest BCUT2D eigenvalue weighted by molar-refractivity contribution is -0.120. The first-order valence-corrected chi connectivity index (χ1v) is 10.6. The third kappa shape index (κ3) is 4.92. The number of hydrogen-bond donors (Lipinski definition) is 3. The van der Waals surface area contributed by atoms with Crippen molar-refractivity contribution in [3.63, 3.8) is 0 Å². The van der Waals surface area contributed by atoms with Crippen LogP contribution in [0.15, 0.2) is 60.0 Å². The second-order valence-electron chi connectivity index (χ2n) is 7.07. The Morgan fingerprint density at radius 3 is 2.65 bits per heavy atom. The predicted octanol–water partition coefficient (Wildman–Crippen LogP) is 4.51. The lowest BCUT2D eigenvalue weighted by Crippen LogP contribution is -2.29. The quantitative estimate of drug-likeness (QED) is 0.399. The van der Waals surface area contributed by atoms with Gasteiger partial charge in [0.25, 0.3) is 0 Å². The minimum Gasteiger partial charge on any atom is -0.497 e. The van der Waals surface area contributed by atoms with Gasteiger partial charge in [0, 0.05) is 12.6 Å². The number of nitrogens with zero attached hydrogens (tertiary/aromatic N) is 1. The van der Waals surface area contributed by atoms with Gasteiger partial charge in [-0.2, -0.15) is 0 Å². The van der Waals surface area contributed by atoms with E-state index < -0.39 is 6.04 Å². The Morgan fingerprint density at radius 1 is 1.16 bits per heavy atom. The number of thiophene rings is 1. The maximum atomic E-state index is 12.7. The van der Waals surface area contributed by atoms with E-state index in [-0.39, 0.29) is 18.2 Å². The predicted molar refractivity (Wildman–Crippen MR) is 122 cm³/mol. The fourth-order valence-electron chi connectivity index (χ4n) is 3.35. The molecule has 0 saturated carbocycles. The molecule has 0 aliphatic rings. The molecule has 2 heterocycles. The molecule has 1 unspecified atom stereocenters. The van der Waals surface area contributed by atoms with E-state index in [1.165, 1.54) is 6.92 Å². The monoisotopic (exact) mass is 434 g/mol. The van der Waals surface area contributed by atoms with E-state index in [4.69, 9.17) is 4.74 Å². The molecule has 2 aromatic carbocycles. The van der Waals surface area contributed by atoms with Gasteiger partial charge in [0.05, 0.1) is 35.5 Å². The van der Waals surface area contributed by atoms with E-state index in [2.05, 4.69) is 20.6 Å². The molecule has 0 spiro atoms. The molecule has 4 aromatic rings. The van der Waals surface area contributed by atoms with Crippen LogP contribution in [-0.2, 0) is 9.59 Å². The number of rotatable bonds is 7. The van der Waals surface area contributed by atoms with Gasteiger partial charge in [-0.3, -0.25) is 9.59 Å². The van der Waals surface area contributed by atoms with Crippen LogP contribution in [0.1, 0.15) is 24.9 Å². The summed E-state index contributed by atoms with van der Waals surface area (Å²) >= 11 is 1.61. The first-order valence-electron chi connectivity index (χ1n) is 9.76. The van der Waals surface area contributed by atoms with Gasteiger partial charge >= 0.3 is 0 Å². The maximum Gasteiger partial charge on any atom is 0.226 e. The molecule has 1 atom stereocenters. The number of ether oxygens (including phenoxy) is 1. The van der Waals surface area contributed by atoms with Gasteiger partial charge in [0.1, 0.15) is 11.6 Å². The van der Waals surface area contributed by atoms with Gasteiger partial charge in [-0.15, -0.1) is 11.3 Å². The Balaban J connectivity index is 1.48. The zero-order valence-corrected chi connectivity index (χ0v) is 18.0. The number of aromatic nitrogens is 2. The van der Waals surface area contributed by atoms with Gasteiger partial charge in [0.2, 0.25) is 11.8 Å². The van der Waals surface area contributed by atoms with Crippen LogP contribution in [-0.4, -0.2) is 28.9 Å². The third-order valence-electron chi connectivity index (χ3n) is 4.81. The molecule has 31 heavy (non-hydrogen) atoms. The van der Waals surface area contributed by atoms with Crippen LogP contribution in [0, 0.1) is 0 Å². The molecule has 0 saturated heterocycles. The molecule has 2 amide bonds. The van der Waals surface area contributed by atoms with E-state index in [1.54, 1.807) is 30.6 Å². The summed E-state index contributed by atoms with van der Waals surface area (Å²) in [5.74, 6) is 1.11. The number of hydrogen-bond acceptors (Lipinski definition) is 5. The van der Waals surface area contributed by atoms with Crippen molar-refractivity contribution >= 4 is 39.9 Å². The molecule has 0 aliphatic heterocycles. The Morgan fingerprint density at radius 2 is 1.97 bits per heavy atom. The number of amides is 2. The number of imidazole rings is 1. The third-order valence-corrected chi connectivity index (χ3v) is 5.68. The Kier molecular flexibility index (Phi) is 5.99. The van der Waals surface area contributed by atoms with E-state index in [9.17, 15) is 9.59 Å². The fraction of sp³-hybridized carbons (Fsp3) is 0.174. The second kappa shape index (κ2) is 9.01. The number of anilines is 1. The van der Waals surface area contributed by atoms with Crippen molar-refractivity contribution in [2.75, 3.05) is 12.4 Å². The van der Waals surface area contributed by atoms with Crippen LogP contribution < -0.4 is 15.4 Å². The summed E-state index contributed by atoms with van der Waals surface area (Å²) in [7, 11) is 1.59. The summed E-state index contributed by atoms with van der Waals surface area (Å²) in [6.07, 6.45) is 0.105. The molecule has 4 rings (SSSR count). The van der Waals surface area contributed by atoms with Crippen molar-refractivity contribution < 1.29 is 14.3 Å².